The van der Waals surface area contributed by atoms with Gasteiger partial charge in [-0.1, -0.05) is 0 Å². The average molecular weight is 298 g/mol. The molecule has 17 heavy (non-hydrogen) atoms. The fourth-order valence-electron chi connectivity index (χ4n) is 2.72. The molecule has 2 aliphatic rings. The zero-order chi connectivity index (χ0) is 12.0. The van der Waals surface area contributed by atoms with Crippen LogP contribution in [0.25, 0.3) is 0 Å². The van der Waals surface area contributed by atoms with Gasteiger partial charge in [-0.15, -0.1) is 0 Å². The molecule has 94 valence electrons. The van der Waals surface area contributed by atoms with E-state index in [0.29, 0.717) is 0 Å². The third-order valence-corrected chi connectivity index (χ3v) is 5.06. The van der Waals surface area contributed by atoms with Crippen LogP contribution in [0.3, 0.4) is 0 Å². The van der Waals surface area contributed by atoms with Crippen LogP contribution < -0.4 is 5.32 Å². The summed E-state index contributed by atoms with van der Waals surface area (Å²) in [5.74, 6) is 1.91. The number of aryl methyl sites for hydroxylation is 2. The molecule has 0 spiro atoms. The lowest BCUT2D eigenvalue weighted by Crippen LogP contribution is -2.33. The van der Waals surface area contributed by atoms with E-state index in [1.807, 2.05) is 18.7 Å². The van der Waals surface area contributed by atoms with Crippen molar-refractivity contribution in [2.75, 3.05) is 0 Å². The summed E-state index contributed by atoms with van der Waals surface area (Å²) in [6.07, 6.45) is 5.72. The molecule has 0 saturated heterocycles. The van der Waals surface area contributed by atoms with Crippen LogP contribution in [0.15, 0.2) is 4.47 Å². The molecular weight excluding hydrogens is 278 g/mol. The molecule has 1 aromatic heterocycles. The zero-order valence-corrected chi connectivity index (χ0v) is 12.1. The van der Waals surface area contributed by atoms with E-state index >= 15 is 0 Å². The third-order valence-electron chi connectivity index (χ3n) is 4.03. The molecule has 0 amide bonds. The summed E-state index contributed by atoms with van der Waals surface area (Å²) in [6.45, 7) is 2.99. The smallest absolute Gasteiger partial charge is 0.0739 e. The molecule has 0 atom stereocenters. The van der Waals surface area contributed by atoms with Gasteiger partial charge in [-0.3, -0.25) is 4.68 Å². The highest BCUT2D eigenvalue weighted by atomic mass is 79.9. The van der Waals surface area contributed by atoms with Gasteiger partial charge in [0.05, 0.1) is 15.9 Å². The Morgan fingerprint density at radius 3 is 2.35 bits per heavy atom. The largest absolute Gasteiger partial charge is 0.308 e. The van der Waals surface area contributed by atoms with Crippen LogP contribution in [0.4, 0.5) is 0 Å². The maximum Gasteiger partial charge on any atom is 0.0739 e. The highest BCUT2D eigenvalue weighted by Crippen LogP contribution is 2.44. The van der Waals surface area contributed by atoms with Gasteiger partial charge >= 0.3 is 0 Å². The van der Waals surface area contributed by atoms with E-state index in [2.05, 4.69) is 26.3 Å². The Hall–Kier alpha value is -0.350. The molecule has 4 heteroatoms. The SMILES string of the molecule is Cc1nn(C)c(CNC(C2CC2)C2CC2)c1Br. The van der Waals surface area contributed by atoms with Crippen molar-refractivity contribution in [3.8, 4) is 0 Å². The number of rotatable bonds is 5. The highest BCUT2D eigenvalue weighted by molar-refractivity contribution is 9.10. The quantitative estimate of drug-likeness (QED) is 0.906. The fourth-order valence-corrected chi connectivity index (χ4v) is 3.19. The Labute approximate surface area is 111 Å². The van der Waals surface area contributed by atoms with Crippen molar-refractivity contribution in [2.45, 2.75) is 45.2 Å². The van der Waals surface area contributed by atoms with Crippen molar-refractivity contribution in [3.63, 3.8) is 0 Å². The molecule has 2 aliphatic carbocycles. The molecule has 2 saturated carbocycles. The second kappa shape index (κ2) is 4.39. The first-order chi connectivity index (χ1) is 8.16. The summed E-state index contributed by atoms with van der Waals surface area (Å²) in [7, 11) is 2.03. The first-order valence-electron chi connectivity index (χ1n) is 6.58. The third kappa shape index (κ3) is 2.43. The molecule has 1 N–H and O–H groups in total. The lowest BCUT2D eigenvalue weighted by atomic mass is 10.1. The predicted molar refractivity (Wildman–Crippen MR) is 71.7 cm³/mol. The van der Waals surface area contributed by atoms with Gasteiger partial charge in [-0.2, -0.15) is 5.10 Å². The summed E-state index contributed by atoms with van der Waals surface area (Å²) in [4.78, 5) is 0. The van der Waals surface area contributed by atoms with Gasteiger partial charge in [0.25, 0.3) is 0 Å². The molecule has 0 bridgehead atoms. The standard InChI is InChI=1S/C13H20BrN3/c1-8-12(14)11(17(2)16-8)7-15-13(9-3-4-9)10-5-6-10/h9-10,13,15H,3-7H2,1-2H3. The normalized spacial score (nSPS) is 20.2. The van der Waals surface area contributed by atoms with Crippen LogP contribution in [0.2, 0.25) is 0 Å². The minimum absolute atomic E-state index is 0.761. The Morgan fingerprint density at radius 2 is 1.94 bits per heavy atom. The van der Waals surface area contributed by atoms with Crippen molar-refractivity contribution in [3.05, 3.63) is 15.9 Å². The Balaban J connectivity index is 1.65. The van der Waals surface area contributed by atoms with Crippen molar-refractivity contribution in [1.82, 2.24) is 15.1 Å². The van der Waals surface area contributed by atoms with Crippen molar-refractivity contribution >= 4 is 15.9 Å². The second-order valence-electron chi connectivity index (χ2n) is 5.55. The number of nitrogens with one attached hydrogen (secondary N) is 1. The van der Waals surface area contributed by atoms with Crippen molar-refractivity contribution in [1.29, 1.82) is 0 Å². The molecule has 0 aromatic carbocycles. The molecule has 1 heterocycles. The van der Waals surface area contributed by atoms with Gasteiger partial charge in [0.1, 0.15) is 0 Å². The van der Waals surface area contributed by atoms with E-state index in [1.165, 1.54) is 31.4 Å². The fraction of sp³-hybridized carbons (Fsp3) is 0.769. The summed E-state index contributed by atoms with van der Waals surface area (Å²) in [5, 5.41) is 8.20. The van der Waals surface area contributed by atoms with Gasteiger partial charge in [0.2, 0.25) is 0 Å². The molecule has 0 unspecified atom stereocenters. The minimum Gasteiger partial charge on any atom is -0.308 e. The summed E-state index contributed by atoms with van der Waals surface area (Å²) < 4.78 is 3.15. The second-order valence-corrected chi connectivity index (χ2v) is 6.34. The average Bonchev–Trinajstić information content (AvgIpc) is 3.14. The Morgan fingerprint density at radius 1 is 1.35 bits per heavy atom. The van der Waals surface area contributed by atoms with Gasteiger partial charge in [0.15, 0.2) is 0 Å². The van der Waals surface area contributed by atoms with Gasteiger partial charge in [-0.05, 0) is 60.4 Å². The lowest BCUT2D eigenvalue weighted by Gasteiger charge is -2.17. The zero-order valence-electron chi connectivity index (χ0n) is 10.5. The molecular formula is C13H20BrN3. The maximum atomic E-state index is 4.44. The topological polar surface area (TPSA) is 29.9 Å². The Kier molecular flexibility index (Phi) is 3.03. The van der Waals surface area contributed by atoms with E-state index < -0.39 is 0 Å². The number of hydrogen-bond acceptors (Lipinski definition) is 2. The van der Waals surface area contributed by atoms with Crippen LogP contribution in [0.1, 0.15) is 37.1 Å². The van der Waals surface area contributed by atoms with Crippen molar-refractivity contribution < 1.29 is 0 Å². The van der Waals surface area contributed by atoms with Crippen LogP contribution in [0.5, 0.6) is 0 Å². The molecule has 1 aromatic rings. The number of hydrogen-bond donors (Lipinski definition) is 1. The lowest BCUT2D eigenvalue weighted by molar-refractivity contribution is 0.409. The van der Waals surface area contributed by atoms with E-state index in [-0.39, 0.29) is 0 Å². The monoisotopic (exact) mass is 297 g/mol. The van der Waals surface area contributed by atoms with Crippen LogP contribution in [-0.4, -0.2) is 15.8 Å². The summed E-state index contributed by atoms with van der Waals surface area (Å²) in [6, 6.07) is 0.761. The predicted octanol–water partition coefficient (Wildman–Crippen LogP) is 2.77. The number of halogens is 1. The van der Waals surface area contributed by atoms with Crippen LogP contribution >= 0.6 is 15.9 Å². The van der Waals surface area contributed by atoms with E-state index in [4.69, 9.17) is 0 Å². The Bertz CT molecular complexity index is 407. The van der Waals surface area contributed by atoms with Crippen molar-refractivity contribution in [2.24, 2.45) is 18.9 Å². The number of aromatic nitrogens is 2. The first kappa shape index (κ1) is 11.7. The molecule has 3 rings (SSSR count). The summed E-state index contributed by atoms with van der Waals surface area (Å²) in [5.41, 5.74) is 2.35. The van der Waals surface area contributed by atoms with Gasteiger partial charge in [0, 0.05) is 19.6 Å². The molecule has 0 aliphatic heterocycles. The van der Waals surface area contributed by atoms with Crippen LogP contribution in [0, 0.1) is 18.8 Å². The number of nitrogens with zero attached hydrogens (tertiary/aromatic N) is 2. The highest BCUT2D eigenvalue weighted by Gasteiger charge is 2.41. The first-order valence-corrected chi connectivity index (χ1v) is 7.37. The minimum atomic E-state index is 0.761. The molecule has 3 nitrogen and oxygen atoms in total. The maximum absolute atomic E-state index is 4.44. The van der Waals surface area contributed by atoms with E-state index in [0.717, 1.165) is 34.6 Å². The molecule has 0 radical (unpaired) electrons. The van der Waals surface area contributed by atoms with Gasteiger partial charge < -0.3 is 5.32 Å². The van der Waals surface area contributed by atoms with Gasteiger partial charge in [-0.25, -0.2) is 0 Å². The summed E-state index contributed by atoms with van der Waals surface area (Å²) >= 11 is 3.63. The molecule has 2 fully saturated rings. The van der Waals surface area contributed by atoms with E-state index in [1.54, 1.807) is 0 Å². The van der Waals surface area contributed by atoms with E-state index in [9.17, 15) is 0 Å². The van der Waals surface area contributed by atoms with Crippen LogP contribution in [-0.2, 0) is 13.6 Å².